The van der Waals surface area contributed by atoms with E-state index in [1.54, 1.807) is 25.3 Å². The minimum Gasteiger partial charge on any atom is -0.493 e. The van der Waals surface area contributed by atoms with Gasteiger partial charge in [0, 0.05) is 10.0 Å². The molecule has 120 valence electrons. The van der Waals surface area contributed by atoms with E-state index in [9.17, 15) is 4.79 Å². The Bertz CT molecular complexity index is 702. The fraction of sp³-hybridized carbons (Fsp3) is 0.125. The highest BCUT2D eigenvalue weighted by atomic mass is 79.9. The highest BCUT2D eigenvalue weighted by molar-refractivity contribution is 9.10. The monoisotopic (exact) mass is 377 g/mol. The number of urea groups is 1. The maximum absolute atomic E-state index is 10.7. The number of methoxy groups -OCH3 is 1. The molecule has 0 bridgehead atoms. The van der Waals surface area contributed by atoms with E-state index in [0.29, 0.717) is 23.7 Å². The van der Waals surface area contributed by atoms with E-state index in [2.05, 4.69) is 26.5 Å². The maximum atomic E-state index is 10.7. The smallest absolute Gasteiger partial charge is 0.332 e. The first-order valence-corrected chi connectivity index (χ1v) is 7.52. The lowest BCUT2D eigenvalue weighted by Crippen LogP contribution is -2.24. The van der Waals surface area contributed by atoms with Crippen LogP contribution in [0.25, 0.3) is 0 Å². The van der Waals surface area contributed by atoms with Crippen molar-refractivity contribution < 1.29 is 14.3 Å². The summed E-state index contributed by atoms with van der Waals surface area (Å²) >= 11 is 3.39. The molecule has 0 fully saturated rings. The lowest BCUT2D eigenvalue weighted by atomic mass is 10.2. The van der Waals surface area contributed by atoms with Crippen LogP contribution in [0.3, 0.4) is 0 Å². The Morgan fingerprint density at radius 1 is 1.30 bits per heavy atom. The van der Waals surface area contributed by atoms with Crippen LogP contribution in [0.1, 0.15) is 11.1 Å². The van der Waals surface area contributed by atoms with Gasteiger partial charge in [0.15, 0.2) is 11.5 Å². The van der Waals surface area contributed by atoms with Crippen LogP contribution in [0.4, 0.5) is 4.79 Å². The third-order valence-electron chi connectivity index (χ3n) is 2.90. The van der Waals surface area contributed by atoms with Crippen LogP contribution in [0.15, 0.2) is 52.0 Å². The minimum atomic E-state index is -0.735. The molecular weight excluding hydrogens is 362 g/mol. The zero-order valence-electron chi connectivity index (χ0n) is 12.5. The molecule has 0 aliphatic carbocycles. The van der Waals surface area contributed by atoms with Gasteiger partial charge in [0.05, 0.1) is 13.3 Å². The minimum absolute atomic E-state index is 0.373. The summed E-state index contributed by atoms with van der Waals surface area (Å²) in [5.41, 5.74) is 8.79. The summed E-state index contributed by atoms with van der Waals surface area (Å²) in [6.45, 7) is 0.373. The summed E-state index contributed by atoms with van der Waals surface area (Å²) in [4.78, 5) is 10.7. The van der Waals surface area contributed by atoms with E-state index < -0.39 is 6.03 Å². The first-order valence-electron chi connectivity index (χ1n) is 6.73. The maximum Gasteiger partial charge on any atom is 0.332 e. The Kier molecular flexibility index (Phi) is 5.99. The van der Waals surface area contributed by atoms with Crippen LogP contribution in [-0.2, 0) is 6.61 Å². The van der Waals surface area contributed by atoms with Gasteiger partial charge in [-0.1, -0.05) is 34.1 Å². The van der Waals surface area contributed by atoms with Crippen molar-refractivity contribution in [3.8, 4) is 11.5 Å². The number of carbonyl (C=O) groups excluding carboxylic acids is 1. The van der Waals surface area contributed by atoms with Crippen LogP contribution in [0.5, 0.6) is 11.5 Å². The number of amides is 2. The summed E-state index contributed by atoms with van der Waals surface area (Å²) in [6, 6.07) is 12.5. The van der Waals surface area contributed by atoms with Crippen molar-refractivity contribution in [2.24, 2.45) is 10.8 Å². The fourth-order valence-corrected chi connectivity index (χ4v) is 2.12. The first kappa shape index (κ1) is 16.8. The van der Waals surface area contributed by atoms with Crippen LogP contribution >= 0.6 is 15.9 Å². The predicted octanol–water partition coefficient (Wildman–Crippen LogP) is 3.04. The van der Waals surface area contributed by atoms with Gasteiger partial charge in [-0.05, 0) is 29.8 Å². The largest absolute Gasteiger partial charge is 0.493 e. The van der Waals surface area contributed by atoms with Crippen molar-refractivity contribution in [3.63, 3.8) is 0 Å². The SMILES string of the molecule is COc1cccc(/C=N/NC(N)=O)c1OCc1ccc(Br)cc1. The van der Waals surface area contributed by atoms with E-state index >= 15 is 0 Å². The Balaban J connectivity index is 2.19. The molecule has 0 unspecified atom stereocenters. The number of halogens is 1. The second kappa shape index (κ2) is 8.19. The molecule has 2 rings (SSSR count). The number of hydrogen-bond donors (Lipinski definition) is 2. The van der Waals surface area contributed by atoms with Crippen molar-refractivity contribution in [2.75, 3.05) is 7.11 Å². The Labute approximate surface area is 142 Å². The quantitative estimate of drug-likeness (QED) is 0.599. The number of nitrogens with two attached hydrogens (primary N) is 1. The van der Waals surface area contributed by atoms with Gasteiger partial charge in [-0.15, -0.1) is 0 Å². The summed E-state index contributed by atoms with van der Waals surface area (Å²) in [7, 11) is 1.56. The Hall–Kier alpha value is -2.54. The number of nitrogens with one attached hydrogen (secondary N) is 1. The molecule has 3 N–H and O–H groups in total. The van der Waals surface area contributed by atoms with Crippen LogP contribution in [0, 0.1) is 0 Å². The molecule has 0 aliphatic rings. The zero-order valence-corrected chi connectivity index (χ0v) is 14.0. The van der Waals surface area contributed by atoms with Gasteiger partial charge in [-0.25, -0.2) is 10.2 Å². The van der Waals surface area contributed by atoms with Crippen LogP contribution in [0.2, 0.25) is 0 Å². The molecular formula is C16H16BrN3O3. The number of hydrogen-bond acceptors (Lipinski definition) is 4. The molecule has 0 aliphatic heterocycles. The zero-order chi connectivity index (χ0) is 16.7. The van der Waals surface area contributed by atoms with Gasteiger partial charge in [-0.2, -0.15) is 5.10 Å². The molecule has 0 spiro atoms. The van der Waals surface area contributed by atoms with Crippen LogP contribution < -0.4 is 20.6 Å². The molecule has 0 radical (unpaired) electrons. The first-order chi connectivity index (χ1) is 11.1. The lowest BCUT2D eigenvalue weighted by molar-refractivity contribution is 0.249. The van der Waals surface area contributed by atoms with Gasteiger partial charge in [0.1, 0.15) is 6.61 Å². The topological polar surface area (TPSA) is 85.9 Å². The summed E-state index contributed by atoms with van der Waals surface area (Å²) < 4.78 is 12.2. The lowest BCUT2D eigenvalue weighted by Gasteiger charge is -2.13. The fourth-order valence-electron chi connectivity index (χ4n) is 1.85. The van der Waals surface area contributed by atoms with Crippen molar-refractivity contribution in [1.82, 2.24) is 5.43 Å². The molecule has 23 heavy (non-hydrogen) atoms. The molecule has 0 saturated carbocycles. The predicted molar refractivity (Wildman–Crippen MR) is 91.8 cm³/mol. The van der Waals surface area contributed by atoms with E-state index in [0.717, 1.165) is 10.0 Å². The molecule has 0 heterocycles. The number of rotatable bonds is 6. The van der Waals surface area contributed by atoms with Gasteiger partial charge in [0.2, 0.25) is 0 Å². The summed E-state index contributed by atoms with van der Waals surface area (Å²) in [6.07, 6.45) is 1.45. The summed E-state index contributed by atoms with van der Waals surface area (Å²) in [5.74, 6) is 1.11. The number of hydrazone groups is 1. The third-order valence-corrected chi connectivity index (χ3v) is 3.43. The Morgan fingerprint density at radius 3 is 2.70 bits per heavy atom. The molecule has 0 aromatic heterocycles. The molecule has 6 nitrogen and oxygen atoms in total. The van der Waals surface area contributed by atoms with E-state index in [1.807, 2.05) is 24.3 Å². The Morgan fingerprint density at radius 2 is 2.04 bits per heavy atom. The standard InChI is InChI=1S/C16H16BrN3O3/c1-22-14-4-2-3-12(9-19-20-16(18)21)15(14)23-10-11-5-7-13(17)8-6-11/h2-9H,10H2,1H3,(H3,18,20,21)/b19-9+. The third kappa shape index (κ3) is 5.00. The van der Waals surface area contributed by atoms with E-state index in [1.165, 1.54) is 6.21 Å². The van der Waals surface area contributed by atoms with Crippen molar-refractivity contribution in [3.05, 3.63) is 58.1 Å². The molecule has 0 atom stereocenters. The second-order valence-electron chi connectivity index (χ2n) is 4.53. The molecule has 0 saturated heterocycles. The van der Waals surface area contributed by atoms with E-state index in [4.69, 9.17) is 15.2 Å². The molecule has 2 aromatic rings. The average Bonchev–Trinajstić information content (AvgIpc) is 2.54. The molecule has 2 aromatic carbocycles. The van der Waals surface area contributed by atoms with Crippen molar-refractivity contribution >= 4 is 28.2 Å². The second-order valence-corrected chi connectivity index (χ2v) is 5.44. The summed E-state index contributed by atoms with van der Waals surface area (Å²) in [5, 5.41) is 3.75. The van der Waals surface area contributed by atoms with Gasteiger partial charge >= 0.3 is 6.03 Å². The van der Waals surface area contributed by atoms with Crippen molar-refractivity contribution in [1.29, 1.82) is 0 Å². The number of primary amides is 1. The highest BCUT2D eigenvalue weighted by Gasteiger charge is 2.09. The van der Waals surface area contributed by atoms with Gasteiger partial charge in [0.25, 0.3) is 0 Å². The van der Waals surface area contributed by atoms with Crippen LogP contribution in [-0.4, -0.2) is 19.4 Å². The van der Waals surface area contributed by atoms with Gasteiger partial charge < -0.3 is 15.2 Å². The molecule has 7 heteroatoms. The average molecular weight is 378 g/mol. The van der Waals surface area contributed by atoms with Crippen molar-refractivity contribution in [2.45, 2.75) is 6.61 Å². The molecule has 2 amide bonds. The normalized spacial score (nSPS) is 10.5. The van der Waals surface area contributed by atoms with E-state index in [-0.39, 0.29) is 0 Å². The number of para-hydroxylation sites is 1. The highest BCUT2D eigenvalue weighted by Crippen LogP contribution is 2.30. The number of ether oxygens (including phenoxy) is 2. The number of nitrogens with zero attached hydrogens (tertiary/aromatic N) is 1. The number of carbonyl (C=O) groups is 1. The van der Waals surface area contributed by atoms with Gasteiger partial charge in [-0.3, -0.25) is 0 Å². The number of benzene rings is 2.